The molecule has 0 aliphatic carbocycles. The van der Waals surface area contributed by atoms with Gasteiger partial charge in [-0.05, 0) is 61.3 Å². The number of aromatic nitrogens is 1. The quantitative estimate of drug-likeness (QED) is 0.575. The SMILES string of the molecule is CCc1c(Cl)ncc(Br)c1Nc1cccc(NC(=O)OC(C)(C)C)c1. The Bertz CT molecular complexity index is 775. The van der Waals surface area contributed by atoms with Crippen LogP contribution in [0, 0.1) is 0 Å². The third kappa shape index (κ3) is 5.61. The zero-order valence-electron chi connectivity index (χ0n) is 14.6. The average molecular weight is 427 g/mol. The van der Waals surface area contributed by atoms with Crippen molar-refractivity contribution in [1.29, 1.82) is 0 Å². The van der Waals surface area contributed by atoms with Gasteiger partial charge in [-0.1, -0.05) is 24.6 Å². The van der Waals surface area contributed by atoms with Gasteiger partial charge < -0.3 is 10.1 Å². The molecule has 0 aliphatic rings. The monoisotopic (exact) mass is 425 g/mol. The van der Waals surface area contributed by atoms with Crippen molar-refractivity contribution in [3.8, 4) is 0 Å². The summed E-state index contributed by atoms with van der Waals surface area (Å²) in [6, 6.07) is 7.37. The summed E-state index contributed by atoms with van der Waals surface area (Å²) < 4.78 is 6.09. The maximum absolute atomic E-state index is 11.9. The Labute approximate surface area is 161 Å². The Kier molecular flexibility index (Phi) is 6.30. The fourth-order valence-electron chi connectivity index (χ4n) is 2.20. The van der Waals surface area contributed by atoms with Gasteiger partial charge in [0.2, 0.25) is 0 Å². The smallest absolute Gasteiger partial charge is 0.412 e. The maximum atomic E-state index is 11.9. The molecular weight excluding hydrogens is 406 g/mol. The van der Waals surface area contributed by atoms with Crippen LogP contribution in [0.2, 0.25) is 5.15 Å². The zero-order chi connectivity index (χ0) is 18.6. The lowest BCUT2D eigenvalue weighted by Gasteiger charge is -2.20. The number of hydrogen-bond acceptors (Lipinski definition) is 4. The number of halogens is 2. The van der Waals surface area contributed by atoms with Crippen molar-refractivity contribution in [2.24, 2.45) is 0 Å². The van der Waals surface area contributed by atoms with Gasteiger partial charge in [-0.3, -0.25) is 5.32 Å². The van der Waals surface area contributed by atoms with Gasteiger partial charge in [0.1, 0.15) is 10.8 Å². The number of nitrogens with zero attached hydrogens (tertiary/aromatic N) is 1. The second-order valence-corrected chi connectivity index (χ2v) is 7.65. The largest absolute Gasteiger partial charge is 0.444 e. The molecule has 2 aromatic rings. The minimum absolute atomic E-state index is 0.469. The number of rotatable bonds is 4. The highest BCUT2D eigenvalue weighted by atomic mass is 79.9. The lowest BCUT2D eigenvalue weighted by atomic mass is 10.1. The highest BCUT2D eigenvalue weighted by molar-refractivity contribution is 9.10. The van der Waals surface area contributed by atoms with Crippen LogP contribution in [0.1, 0.15) is 33.3 Å². The molecule has 5 nitrogen and oxygen atoms in total. The van der Waals surface area contributed by atoms with E-state index in [9.17, 15) is 4.79 Å². The molecule has 2 N–H and O–H groups in total. The van der Waals surface area contributed by atoms with Crippen molar-refractivity contribution in [1.82, 2.24) is 4.98 Å². The van der Waals surface area contributed by atoms with Crippen LogP contribution < -0.4 is 10.6 Å². The van der Waals surface area contributed by atoms with Crippen molar-refractivity contribution in [3.63, 3.8) is 0 Å². The van der Waals surface area contributed by atoms with Crippen LogP contribution in [0.15, 0.2) is 34.9 Å². The van der Waals surface area contributed by atoms with Gasteiger partial charge in [0.15, 0.2) is 0 Å². The summed E-state index contributed by atoms with van der Waals surface area (Å²) in [5.41, 5.74) is 2.67. The summed E-state index contributed by atoms with van der Waals surface area (Å²) in [7, 11) is 0. The van der Waals surface area contributed by atoms with Gasteiger partial charge in [-0.2, -0.15) is 0 Å². The van der Waals surface area contributed by atoms with E-state index in [0.29, 0.717) is 10.8 Å². The number of ether oxygens (including phenoxy) is 1. The molecule has 0 atom stereocenters. The number of carbonyl (C=O) groups is 1. The predicted octanol–water partition coefficient (Wildman–Crippen LogP) is 6.15. The minimum atomic E-state index is -0.547. The molecular formula is C18H21BrClN3O2. The highest BCUT2D eigenvalue weighted by Gasteiger charge is 2.16. The van der Waals surface area contributed by atoms with E-state index in [1.54, 1.807) is 12.3 Å². The molecule has 0 saturated heterocycles. The molecule has 0 spiro atoms. The van der Waals surface area contributed by atoms with Gasteiger partial charge in [-0.15, -0.1) is 0 Å². The Morgan fingerprint density at radius 1 is 1.32 bits per heavy atom. The van der Waals surface area contributed by atoms with Crippen LogP contribution in [0.4, 0.5) is 21.9 Å². The summed E-state index contributed by atoms with van der Waals surface area (Å²) in [5, 5.41) is 6.53. The first-order valence-corrected chi connectivity index (χ1v) is 9.06. The molecule has 1 aromatic heterocycles. The molecule has 1 heterocycles. The van der Waals surface area contributed by atoms with Gasteiger partial charge in [-0.25, -0.2) is 9.78 Å². The van der Waals surface area contributed by atoms with E-state index in [-0.39, 0.29) is 0 Å². The third-order valence-electron chi connectivity index (χ3n) is 3.21. The lowest BCUT2D eigenvalue weighted by Crippen LogP contribution is -2.27. The molecule has 0 unspecified atom stereocenters. The van der Waals surface area contributed by atoms with Gasteiger partial charge in [0.25, 0.3) is 0 Å². The number of amides is 1. The fraction of sp³-hybridized carbons (Fsp3) is 0.333. The molecule has 0 fully saturated rings. The van der Waals surface area contributed by atoms with E-state index in [1.165, 1.54) is 0 Å². The summed E-state index contributed by atoms with van der Waals surface area (Å²) in [4.78, 5) is 16.1. The normalized spacial score (nSPS) is 11.1. The fourth-order valence-corrected chi connectivity index (χ4v) is 2.92. The third-order valence-corrected chi connectivity index (χ3v) is 4.14. The lowest BCUT2D eigenvalue weighted by molar-refractivity contribution is 0.0636. The second kappa shape index (κ2) is 8.06. The number of hydrogen-bond donors (Lipinski definition) is 2. The molecule has 1 amide bonds. The molecule has 134 valence electrons. The Hall–Kier alpha value is -1.79. The molecule has 0 bridgehead atoms. The standard InChI is InChI=1S/C18H21BrClN3O2/c1-5-13-15(14(19)10-21-16(13)20)22-11-7-6-8-12(9-11)23-17(24)25-18(2,3)4/h6-10H,5H2,1-4H3,(H,21,22)(H,23,24). The number of nitrogens with one attached hydrogen (secondary N) is 2. The first kappa shape index (κ1) is 19.5. The van der Waals surface area contributed by atoms with E-state index in [1.807, 2.05) is 45.9 Å². The first-order valence-electron chi connectivity index (χ1n) is 7.89. The molecule has 0 aliphatic heterocycles. The summed E-state index contributed by atoms with van der Waals surface area (Å²) >= 11 is 9.68. The van der Waals surface area contributed by atoms with Crippen molar-refractivity contribution >= 4 is 50.7 Å². The maximum Gasteiger partial charge on any atom is 0.412 e. The highest BCUT2D eigenvalue weighted by Crippen LogP contribution is 2.33. The Morgan fingerprint density at radius 3 is 2.64 bits per heavy atom. The number of pyridine rings is 1. The molecule has 0 saturated carbocycles. The van der Waals surface area contributed by atoms with Crippen LogP contribution in [-0.4, -0.2) is 16.7 Å². The number of anilines is 3. The van der Waals surface area contributed by atoms with E-state index >= 15 is 0 Å². The predicted molar refractivity (Wildman–Crippen MR) is 106 cm³/mol. The Morgan fingerprint density at radius 2 is 2.00 bits per heavy atom. The van der Waals surface area contributed by atoms with E-state index in [0.717, 1.165) is 27.8 Å². The van der Waals surface area contributed by atoms with Crippen molar-refractivity contribution in [2.45, 2.75) is 39.7 Å². The zero-order valence-corrected chi connectivity index (χ0v) is 17.0. The molecule has 0 radical (unpaired) electrons. The Balaban J connectivity index is 2.20. The van der Waals surface area contributed by atoms with Crippen molar-refractivity contribution in [2.75, 3.05) is 10.6 Å². The topological polar surface area (TPSA) is 63.2 Å². The van der Waals surface area contributed by atoms with Crippen LogP contribution in [-0.2, 0) is 11.2 Å². The van der Waals surface area contributed by atoms with Crippen molar-refractivity contribution in [3.05, 3.63) is 45.7 Å². The second-order valence-electron chi connectivity index (χ2n) is 6.44. The number of benzene rings is 1. The summed E-state index contributed by atoms with van der Waals surface area (Å²) in [6.45, 7) is 7.48. The summed E-state index contributed by atoms with van der Waals surface area (Å²) in [5.74, 6) is 0. The van der Waals surface area contributed by atoms with Crippen LogP contribution >= 0.6 is 27.5 Å². The van der Waals surface area contributed by atoms with Crippen LogP contribution in [0.3, 0.4) is 0 Å². The molecule has 25 heavy (non-hydrogen) atoms. The molecule has 7 heteroatoms. The van der Waals surface area contributed by atoms with E-state index < -0.39 is 11.7 Å². The van der Waals surface area contributed by atoms with Crippen LogP contribution in [0.5, 0.6) is 0 Å². The van der Waals surface area contributed by atoms with Crippen LogP contribution in [0.25, 0.3) is 0 Å². The molecule has 1 aromatic carbocycles. The summed E-state index contributed by atoms with van der Waals surface area (Å²) in [6.07, 6.45) is 1.91. The van der Waals surface area contributed by atoms with E-state index in [4.69, 9.17) is 16.3 Å². The van der Waals surface area contributed by atoms with Gasteiger partial charge in [0.05, 0.1) is 10.2 Å². The average Bonchev–Trinajstić information content (AvgIpc) is 2.49. The van der Waals surface area contributed by atoms with Gasteiger partial charge >= 0.3 is 6.09 Å². The minimum Gasteiger partial charge on any atom is -0.444 e. The van der Waals surface area contributed by atoms with Crippen molar-refractivity contribution < 1.29 is 9.53 Å². The molecule has 2 rings (SSSR count). The first-order chi connectivity index (χ1) is 11.7. The number of carbonyl (C=O) groups excluding carboxylic acids is 1. The van der Waals surface area contributed by atoms with E-state index in [2.05, 4.69) is 31.5 Å². The van der Waals surface area contributed by atoms with Gasteiger partial charge in [0, 0.05) is 23.1 Å².